The van der Waals surface area contributed by atoms with Gasteiger partial charge >= 0.3 is 0 Å². The van der Waals surface area contributed by atoms with E-state index in [1.54, 1.807) is 7.11 Å². The summed E-state index contributed by atoms with van der Waals surface area (Å²) in [7, 11) is 1.63. The van der Waals surface area contributed by atoms with E-state index in [0.717, 1.165) is 18.7 Å². The Bertz CT molecular complexity index is 409. The second kappa shape index (κ2) is 4.95. The van der Waals surface area contributed by atoms with Crippen LogP contribution >= 0.6 is 0 Å². The van der Waals surface area contributed by atoms with Crippen molar-refractivity contribution in [3.63, 3.8) is 0 Å². The fraction of sp³-hybridized carbons (Fsp3) is 0.833. The van der Waals surface area contributed by atoms with Crippen LogP contribution in [0.25, 0.3) is 0 Å². The molecule has 2 N–H and O–H groups in total. The second-order valence-electron chi connectivity index (χ2n) is 5.18. The standard InChI is InChI=1S/C12H19N3O3/c1-16-6-7(13)4-11-14-12(15-18-11)9-5-8-2-3-10(9)17-8/h7-10H,2-6,13H2,1H3. The lowest BCUT2D eigenvalue weighted by atomic mass is 9.89. The molecular formula is C12H19N3O3. The highest BCUT2D eigenvalue weighted by molar-refractivity contribution is 5.07. The van der Waals surface area contributed by atoms with Gasteiger partial charge in [0, 0.05) is 19.6 Å². The van der Waals surface area contributed by atoms with E-state index in [2.05, 4.69) is 10.1 Å². The number of fused-ring (bicyclic) bond motifs is 2. The quantitative estimate of drug-likeness (QED) is 0.828. The van der Waals surface area contributed by atoms with Crippen LogP contribution in [0, 0.1) is 0 Å². The summed E-state index contributed by atoms with van der Waals surface area (Å²) in [4.78, 5) is 4.44. The van der Waals surface area contributed by atoms with Crippen LogP contribution in [0.15, 0.2) is 4.52 Å². The summed E-state index contributed by atoms with van der Waals surface area (Å²) < 4.78 is 16.0. The van der Waals surface area contributed by atoms with E-state index in [9.17, 15) is 0 Å². The van der Waals surface area contributed by atoms with E-state index in [1.807, 2.05) is 0 Å². The Labute approximate surface area is 106 Å². The Hall–Kier alpha value is -0.980. The molecular weight excluding hydrogens is 234 g/mol. The van der Waals surface area contributed by atoms with Gasteiger partial charge in [0.05, 0.1) is 24.7 Å². The average Bonchev–Trinajstić information content (AvgIpc) is 3.03. The molecule has 100 valence electrons. The van der Waals surface area contributed by atoms with E-state index in [4.69, 9.17) is 19.7 Å². The molecule has 2 bridgehead atoms. The number of methoxy groups -OCH3 is 1. The minimum absolute atomic E-state index is 0.0976. The van der Waals surface area contributed by atoms with Gasteiger partial charge in [-0.1, -0.05) is 5.16 Å². The summed E-state index contributed by atoms with van der Waals surface area (Å²) >= 11 is 0. The van der Waals surface area contributed by atoms with Gasteiger partial charge in [-0.05, 0) is 19.3 Å². The highest BCUT2D eigenvalue weighted by atomic mass is 16.5. The molecule has 1 aromatic rings. The molecule has 3 rings (SSSR count). The van der Waals surface area contributed by atoms with Crippen molar-refractivity contribution in [3.05, 3.63) is 11.7 Å². The highest BCUT2D eigenvalue weighted by Gasteiger charge is 2.43. The molecule has 0 aromatic carbocycles. The van der Waals surface area contributed by atoms with Gasteiger partial charge in [-0.25, -0.2) is 0 Å². The maximum absolute atomic E-state index is 5.86. The van der Waals surface area contributed by atoms with Gasteiger partial charge in [-0.2, -0.15) is 4.98 Å². The first kappa shape index (κ1) is 12.1. The van der Waals surface area contributed by atoms with Gasteiger partial charge in [0.1, 0.15) is 0 Å². The topological polar surface area (TPSA) is 83.4 Å². The summed E-state index contributed by atoms with van der Waals surface area (Å²) in [6.45, 7) is 0.495. The Balaban J connectivity index is 1.63. The van der Waals surface area contributed by atoms with Crippen LogP contribution in [0.3, 0.4) is 0 Å². The van der Waals surface area contributed by atoms with Gasteiger partial charge in [0.25, 0.3) is 0 Å². The Morgan fingerprint density at radius 3 is 3.06 bits per heavy atom. The predicted molar refractivity (Wildman–Crippen MR) is 63.1 cm³/mol. The fourth-order valence-corrected chi connectivity index (χ4v) is 2.91. The molecule has 0 radical (unpaired) electrons. The maximum Gasteiger partial charge on any atom is 0.228 e. The van der Waals surface area contributed by atoms with Gasteiger partial charge in [0.15, 0.2) is 5.82 Å². The highest BCUT2D eigenvalue weighted by Crippen LogP contribution is 2.43. The number of ether oxygens (including phenoxy) is 2. The number of hydrogen-bond donors (Lipinski definition) is 1. The Morgan fingerprint density at radius 1 is 1.50 bits per heavy atom. The van der Waals surface area contributed by atoms with Crippen molar-refractivity contribution < 1.29 is 14.0 Å². The lowest BCUT2D eigenvalue weighted by molar-refractivity contribution is 0.0996. The molecule has 2 fully saturated rings. The molecule has 2 saturated heterocycles. The normalized spacial score (nSPS) is 32.0. The monoisotopic (exact) mass is 253 g/mol. The van der Waals surface area contributed by atoms with Crippen LogP contribution in [0.5, 0.6) is 0 Å². The predicted octanol–water partition coefficient (Wildman–Crippen LogP) is 0.621. The molecule has 4 atom stereocenters. The molecule has 2 aliphatic rings. The first-order valence-corrected chi connectivity index (χ1v) is 6.48. The molecule has 6 nitrogen and oxygen atoms in total. The van der Waals surface area contributed by atoms with E-state index in [1.165, 1.54) is 6.42 Å². The average molecular weight is 253 g/mol. The minimum Gasteiger partial charge on any atom is -0.383 e. The van der Waals surface area contributed by atoms with Crippen molar-refractivity contribution in [3.8, 4) is 0 Å². The molecule has 1 aromatic heterocycles. The first-order valence-electron chi connectivity index (χ1n) is 6.48. The zero-order valence-electron chi connectivity index (χ0n) is 10.5. The number of aromatic nitrogens is 2. The summed E-state index contributed by atoms with van der Waals surface area (Å²) in [5.41, 5.74) is 5.86. The van der Waals surface area contributed by atoms with Gasteiger partial charge in [-0.15, -0.1) is 0 Å². The van der Waals surface area contributed by atoms with Crippen LogP contribution in [0.2, 0.25) is 0 Å². The van der Waals surface area contributed by atoms with E-state index >= 15 is 0 Å². The second-order valence-corrected chi connectivity index (χ2v) is 5.18. The zero-order chi connectivity index (χ0) is 12.5. The van der Waals surface area contributed by atoms with Crippen LogP contribution in [-0.2, 0) is 15.9 Å². The summed E-state index contributed by atoms with van der Waals surface area (Å²) in [6.07, 6.45) is 4.55. The van der Waals surface area contributed by atoms with Crippen molar-refractivity contribution in [2.24, 2.45) is 5.73 Å². The maximum atomic E-state index is 5.86. The number of hydrogen-bond acceptors (Lipinski definition) is 6. The van der Waals surface area contributed by atoms with E-state index < -0.39 is 0 Å². The molecule has 0 amide bonds. The van der Waals surface area contributed by atoms with Crippen LogP contribution < -0.4 is 5.73 Å². The van der Waals surface area contributed by atoms with Crippen molar-refractivity contribution in [1.82, 2.24) is 10.1 Å². The molecule has 0 spiro atoms. The third kappa shape index (κ3) is 2.28. The Morgan fingerprint density at radius 2 is 2.39 bits per heavy atom. The van der Waals surface area contributed by atoms with E-state index in [-0.39, 0.29) is 12.1 Å². The number of nitrogens with two attached hydrogens (primary N) is 1. The zero-order valence-corrected chi connectivity index (χ0v) is 10.5. The summed E-state index contributed by atoms with van der Waals surface area (Å²) in [5, 5.41) is 4.07. The van der Waals surface area contributed by atoms with Gasteiger partial charge in [0.2, 0.25) is 5.89 Å². The minimum atomic E-state index is -0.0976. The summed E-state index contributed by atoms with van der Waals surface area (Å²) in [5.74, 6) is 1.68. The third-order valence-corrected chi connectivity index (χ3v) is 3.74. The SMILES string of the molecule is COCC(N)Cc1nc(C2CC3CCC2O3)no1. The first-order chi connectivity index (χ1) is 8.76. The smallest absolute Gasteiger partial charge is 0.228 e. The van der Waals surface area contributed by atoms with Crippen LogP contribution in [-0.4, -0.2) is 42.1 Å². The number of nitrogens with zero attached hydrogens (tertiary/aromatic N) is 2. The molecule has 4 unspecified atom stereocenters. The molecule has 6 heteroatoms. The molecule has 3 heterocycles. The van der Waals surface area contributed by atoms with Gasteiger partial charge < -0.3 is 19.7 Å². The van der Waals surface area contributed by atoms with Crippen molar-refractivity contribution >= 4 is 0 Å². The van der Waals surface area contributed by atoms with Crippen LogP contribution in [0.1, 0.15) is 36.9 Å². The molecule has 2 aliphatic heterocycles. The molecule has 18 heavy (non-hydrogen) atoms. The third-order valence-electron chi connectivity index (χ3n) is 3.74. The summed E-state index contributed by atoms with van der Waals surface area (Å²) in [6, 6.07) is -0.0976. The van der Waals surface area contributed by atoms with Crippen molar-refractivity contribution in [2.75, 3.05) is 13.7 Å². The molecule has 0 aliphatic carbocycles. The number of rotatable bonds is 5. The molecule has 0 saturated carbocycles. The Kier molecular flexibility index (Phi) is 3.32. The van der Waals surface area contributed by atoms with Crippen molar-refractivity contribution in [2.45, 2.75) is 49.9 Å². The van der Waals surface area contributed by atoms with E-state index in [0.29, 0.717) is 30.9 Å². The lowest BCUT2D eigenvalue weighted by Crippen LogP contribution is -2.28. The lowest BCUT2D eigenvalue weighted by Gasteiger charge is -2.13. The largest absolute Gasteiger partial charge is 0.383 e. The fourth-order valence-electron chi connectivity index (χ4n) is 2.91. The van der Waals surface area contributed by atoms with Crippen molar-refractivity contribution in [1.29, 1.82) is 0 Å². The van der Waals surface area contributed by atoms with Gasteiger partial charge in [-0.3, -0.25) is 0 Å². The van der Waals surface area contributed by atoms with Crippen LogP contribution in [0.4, 0.5) is 0 Å².